The third-order valence-electron chi connectivity index (χ3n) is 2.44. The van der Waals surface area contributed by atoms with Crippen molar-refractivity contribution in [1.29, 1.82) is 0 Å². The van der Waals surface area contributed by atoms with Crippen LogP contribution in [0.3, 0.4) is 0 Å². The van der Waals surface area contributed by atoms with Crippen LogP contribution in [0.2, 0.25) is 0 Å². The lowest BCUT2D eigenvalue weighted by atomic mass is 10.2. The number of carbonyl (C=O) groups is 1. The Labute approximate surface area is 111 Å². The predicted molar refractivity (Wildman–Crippen MR) is 77.1 cm³/mol. The standard InChI is InChI=1S/C14H27N3O/c1-7-11(4)17-14(18)9-15-12(5)8-13(6)16-10(2)3/h10-11,15-16H,5-9H2,1-4H3,(H,17,18). The molecule has 0 aromatic rings. The van der Waals surface area contributed by atoms with E-state index in [4.69, 9.17) is 0 Å². The summed E-state index contributed by atoms with van der Waals surface area (Å²) in [6, 6.07) is 0.573. The number of hydrogen-bond acceptors (Lipinski definition) is 3. The van der Waals surface area contributed by atoms with E-state index in [1.165, 1.54) is 0 Å². The minimum atomic E-state index is -0.00655. The minimum Gasteiger partial charge on any atom is -0.386 e. The molecule has 0 spiro atoms. The zero-order chi connectivity index (χ0) is 14.1. The molecule has 0 aliphatic heterocycles. The van der Waals surface area contributed by atoms with E-state index in [0.29, 0.717) is 12.5 Å². The fourth-order valence-corrected chi connectivity index (χ4v) is 1.41. The van der Waals surface area contributed by atoms with Crippen molar-refractivity contribution in [2.45, 2.75) is 52.6 Å². The van der Waals surface area contributed by atoms with E-state index in [-0.39, 0.29) is 18.5 Å². The van der Waals surface area contributed by atoms with Gasteiger partial charge in [0.1, 0.15) is 0 Å². The van der Waals surface area contributed by atoms with Crippen LogP contribution in [0.5, 0.6) is 0 Å². The smallest absolute Gasteiger partial charge is 0.239 e. The van der Waals surface area contributed by atoms with Crippen LogP contribution in [0.25, 0.3) is 0 Å². The van der Waals surface area contributed by atoms with Gasteiger partial charge in [-0.2, -0.15) is 0 Å². The van der Waals surface area contributed by atoms with Gasteiger partial charge in [-0.1, -0.05) is 20.1 Å². The van der Waals surface area contributed by atoms with Gasteiger partial charge in [0, 0.05) is 29.9 Å². The van der Waals surface area contributed by atoms with E-state index in [9.17, 15) is 4.79 Å². The summed E-state index contributed by atoms with van der Waals surface area (Å²) in [6.07, 6.45) is 1.57. The molecule has 0 aromatic carbocycles. The summed E-state index contributed by atoms with van der Waals surface area (Å²) in [5.41, 5.74) is 1.71. The molecule has 0 bridgehead atoms. The lowest BCUT2D eigenvalue weighted by Gasteiger charge is -2.16. The Kier molecular flexibility index (Phi) is 7.92. The molecule has 0 saturated heterocycles. The van der Waals surface area contributed by atoms with Crippen LogP contribution in [0, 0.1) is 0 Å². The molecule has 0 aromatic heterocycles. The van der Waals surface area contributed by atoms with Gasteiger partial charge in [0.05, 0.1) is 6.54 Å². The van der Waals surface area contributed by atoms with Gasteiger partial charge in [0.25, 0.3) is 0 Å². The molecule has 0 heterocycles. The Morgan fingerprint density at radius 2 is 1.72 bits per heavy atom. The van der Waals surface area contributed by atoms with Crippen molar-refractivity contribution in [2.75, 3.05) is 6.54 Å². The molecule has 18 heavy (non-hydrogen) atoms. The SMILES string of the molecule is C=C(CC(=C)NC(C)C)NCC(=O)NC(C)CC. The van der Waals surface area contributed by atoms with Gasteiger partial charge in [0.2, 0.25) is 5.91 Å². The second kappa shape index (κ2) is 8.61. The van der Waals surface area contributed by atoms with Gasteiger partial charge in [-0.05, 0) is 27.2 Å². The molecular weight excluding hydrogens is 226 g/mol. The first-order valence-corrected chi connectivity index (χ1v) is 6.50. The van der Waals surface area contributed by atoms with Crippen LogP contribution in [0.1, 0.15) is 40.5 Å². The first kappa shape index (κ1) is 16.6. The average molecular weight is 253 g/mol. The summed E-state index contributed by atoms with van der Waals surface area (Å²) < 4.78 is 0. The van der Waals surface area contributed by atoms with Crippen LogP contribution in [0.4, 0.5) is 0 Å². The van der Waals surface area contributed by atoms with Gasteiger partial charge in [-0.3, -0.25) is 4.79 Å². The van der Waals surface area contributed by atoms with Crippen molar-refractivity contribution in [3.8, 4) is 0 Å². The number of carbonyl (C=O) groups excluding carboxylic acids is 1. The number of amides is 1. The molecule has 104 valence electrons. The van der Waals surface area contributed by atoms with Crippen molar-refractivity contribution in [3.63, 3.8) is 0 Å². The molecule has 1 amide bonds. The highest BCUT2D eigenvalue weighted by Gasteiger charge is 2.06. The maximum Gasteiger partial charge on any atom is 0.239 e. The van der Waals surface area contributed by atoms with Crippen molar-refractivity contribution < 1.29 is 4.79 Å². The quantitative estimate of drug-likeness (QED) is 0.588. The molecule has 4 heteroatoms. The molecule has 0 saturated carbocycles. The van der Waals surface area contributed by atoms with Crippen LogP contribution >= 0.6 is 0 Å². The van der Waals surface area contributed by atoms with Gasteiger partial charge in [-0.25, -0.2) is 0 Å². The molecule has 0 aliphatic rings. The van der Waals surface area contributed by atoms with Gasteiger partial charge in [0.15, 0.2) is 0 Å². The summed E-state index contributed by atoms with van der Waals surface area (Å²) in [7, 11) is 0. The van der Waals surface area contributed by atoms with Crippen LogP contribution < -0.4 is 16.0 Å². The second-order valence-electron chi connectivity index (χ2n) is 4.91. The second-order valence-corrected chi connectivity index (χ2v) is 4.91. The monoisotopic (exact) mass is 253 g/mol. The van der Waals surface area contributed by atoms with Crippen LogP contribution in [-0.4, -0.2) is 24.5 Å². The van der Waals surface area contributed by atoms with Crippen LogP contribution in [0.15, 0.2) is 24.6 Å². The van der Waals surface area contributed by atoms with E-state index < -0.39 is 0 Å². The Morgan fingerprint density at radius 1 is 1.11 bits per heavy atom. The molecule has 0 aliphatic carbocycles. The third-order valence-corrected chi connectivity index (χ3v) is 2.44. The summed E-state index contributed by atoms with van der Waals surface area (Å²) in [4.78, 5) is 11.5. The maximum absolute atomic E-state index is 11.5. The van der Waals surface area contributed by atoms with Crippen molar-refractivity contribution >= 4 is 5.91 Å². The maximum atomic E-state index is 11.5. The minimum absolute atomic E-state index is 0.00655. The van der Waals surface area contributed by atoms with E-state index in [0.717, 1.165) is 17.8 Å². The Morgan fingerprint density at radius 3 is 2.22 bits per heavy atom. The number of rotatable bonds is 9. The van der Waals surface area contributed by atoms with Crippen LogP contribution in [-0.2, 0) is 4.79 Å². The molecule has 0 rings (SSSR count). The van der Waals surface area contributed by atoms with Crippen molar-refractivity contribution in [2.24, 2.45) is 0 Å². The molecule has 4 nitrogen and oxygen atoms in total. The molecular formula is C14H27N3O. The lowest BCUT2D eigenvalue weighted by molar-refractivity contribution is -0.120. The summed E-state index contributed by atoms with van der Waals surface area (Å²) in [5.74, 6) is -0.00655. The highest BCUT2D eigenvalue weighted by molar-refractivity contribution is 5.78. The van der Waals surface area contributed by atoms with Gasteiger partial charge in [-0.15, -0.1) is 0 Å². The topological polar surface area (TPSA) is 53.2 Å². The normalized spacial score (nSPS) is 11.8. The molecule has 1 unspecified atom stereocenters. The van der Waals surface area contributed by atoms with Gasteiger partial charge >= 0.3 is 0 Å². The largest absolute Gasteiger partial charge is 0.386 e. The highest BCUT2D eigenvalue weighted by Crippen LogP contribution is 2.02. The summed E-state index contributed by atoms with van der Waals surface area (Å²) in [6.45, 7) is 16.2. The lowest BCUT2D eigenvalue weighted by Crippen LogP contribution is -2.38. The first-order valence-electron chi connectivity index (χ1n) is 6.50. The van der Waals surface area contributed by atoms with Crippen molar-refractivity contribution in [3.05, 3.63) is 24.6 Å². The zero-order valence-electron chi connectivity index (χ0n) is 12.1. The molecule has 0 fully saturated rings. The van der Waals surface area contributed by atoms with E-state index in [2.05, 4.69) is 43.0 Å². The first-order chi connectivity index (χ1) is 8.35. The summed E-state index contributed by atoms with van der Waals surface area (Å²) in [5, 5.41) is 9.11. The van der Waals surface area contributed by atoms with E-state index in [1.807, 2.05) is 13.8 Å². The predicted octanol–water partition coefficient (Wildman–Crippen LogP) is 1.91. The Bertz CT molecular complexity index is 297. The van der Waals surface area contributed by atoms with E-state index in [1.54, 1.807) is 0 Å². The third kappa shape index (κ3) is 8.67. The average Bonchev–Trinajstić information content (AvgIpc) is 2.24. The summed E-state index contributed by atoms with van der Waals surface area (Å²) >= 11 is 0. The van der Waals surface area contributed by atoms with Gasteiger partial charge < -0.3 is 16.0 Å². The Balaban J connectivity index is 3.83. The highest BCUT2D eigenvalue weighted by atomic mass is 16.1. The molecule has 0 radical (unpaired) electrons. The van der Waals surface area contributed by atoms with Crippen molar-refractivity contribution in [1.82, 2.24) is 16.0 Å². The fourth-order valence-electron chi connectivity index (χ4n) is 1.41. The fraction of sp³-hybridized carbons (Fsp3) is 0.643. The zero-order valence-corrected chi connectivity index (χ0v) is 12.1. The van der Waals surface area contributed by atoms with E-state index >= 15 is 0 Å². The molecule has 1 atom stereocenters. The Hall–Kier alpha value is -1.45. The molecule has 3 N–H and O–H groups in total. The number of nitrogens with one attached hydrogen (secondary N) is 3. The number of hydrogen-bond donors (Lipinski definition) is 3.